The molecule has 0 heterocycles. The third-order valence-corrected chi connectivity index (χ3v) is 9.19. The van der Waals surface area contributed by atoms with Crippen molar-refractivity contribution in [3.63, 3.8) is 0 Å². The van der Waals surface area contributed by atoms with E-state index < -0.39 is 28.5 Å². The summed E-state index contributed by atoms with van der Waals surface area (Å²) >= 11 is 18.8. The van der Waals surface area contributed by atoms with Crippen LogP contribution in [-0.2, 0) is 26.2 Å². The molecule has 0 bridgehead atoms. The molecule has 0 fully saturated rings. The van der Waals surface area contributed by atoms with Crippen molar-refractivity contribution in [1.29, 1.82) is 0 Å². The summed E-state index contributed by atoms with van der Waals surface area (Å²) in [6.07, 6.45) is 1.68. The summed E-state index contributed by atoms with van der Waals surface area (Å²) in [5.74, 6) is -0.955. The van der Waals surface area contributed by atoms with Crippen LogP contribution in [0.3, 0.4) is 0 Å². The number of amides is 2. The molecule has 40 heavy (non-hydrogen) atoms. The van der Waals surface area contributed by atoms with E-state index in [4.69, 9.17) is 34.8 Å². The minimum atomic E-state index is -4.18. The maximum atomic E-state index is 14.0. The first-order valence-corrected chi connectivity index (χ1v) is 15.4. The topological polar surface area (TPSA) is 86.8 Å². The molecule has 0 aliphatic heterocycles. The molecule has 0 saturated carbocycles. The molecule has 0 aliphatic rings. The van der Waals surface area contributed by atoms with Gasteiger partial charge in [0.15, 0.2) is 0 Å². The Morgan fingerprint density at radius 3 is 2.27 bits per heavy atom. The SMILES string of the molecule is CCCCNC(=O)C(C)N(Cc1ccc(Cl)cc1Cl)C(=O)CN(c1ccc(C)c(Cl)c1)S(=O)(=O)c1ccccc1. The Labute approximate surface area is 251 Å². The standard InChI is InChI=1S/C29H32Cl3N3O4S/c1-4-5-15-33-29(37)21(3)34(18-22-12-13-23(30)16-27(22)32)28(36)19-35(24-14-11-20(2)26(31)17-24)40(38,39)25-9-7-6-8-10-25/h6-14,16-17,21H,4-5,15,18-19H2,1-3H3,(H,33,37). The number of benzene rings is 3. The second-order valence-electron chi connectivity index (χ2n) is 9.34. The van der Waals surface area contributed by atoms with Gasteiger partial charge in [-0.1, -0.05) is 78.5 Å². The average Bonchev–Trinajstić information content (AvgIpc) is 2.93. The smallest absolute Gasteiger partial charge is 0.264 e. The fourth-order valence-corrected chi connectivity index (χ4v) is 6.01. The first kappa shape index (κ1) is 31.7. The van der Waals surface area contributed by atoms with E-state index in [0.29, 0.717) is 27.2 Å². The molecule has 3 aromatic rings. The van der Waals surface area contributed by atoms with Gasteiger partial charge in [-0.2, -0.15) is 0 Å². The quantitative estimate of drug-likeness (QED) is 0.234. The molecule has 214 valence electrons. The third-order valence-electron chi connectivity index (χ3n) is 6.41. The van der Waals surface area contributed by atoms with Crippen molar-refractivity contribution in [3.8, 4) is 0 Å². The van der Waals surface area contributed by atoms with Crippen molar-refractivity contribution in [1.82, 2.24) is 10.2 Å². The van der Waals surface area contributed by atoms with E-state index in [9.17, 15) is 18.0 Å². The summed E-state index contributed by atoms with van der Waals surface area (Å²) in [5, 5.41) is 3.95. The highest BCUT2D eigenvalue weighted by molar-refractivity contribution is 7.92. The molecule has 1 atom stereocenters. The lowest BCUT2D eigenvalue weighted by molar-refractivity contribution is -0.139. The molecule has 1 N–H and O–H groups in total. The molecular formula is C29H32Cl3N3O4S. The van der Waals surface area contributed by atoms with Gasteiger partial charge in [-0.3, -0.25) is 13.9 Å². The summed E-state index contributed by atoms with van der Waals surface area (Å²) < 4.78 is 28.6. The van der Waals surface area contributed by atoms with E-state index in [-0.39, 0.29) is 23.0 Å². The largest absolute Gasteiger partial charge is 0.354 e. The zero-order valence-electron chi connectivity index (χ0n) is 22.5. The van der Waals surface area contributed by atoms with Crippen molar-refractivity contribution >= 4 is 62.3 Å². The molecule has 11 heteroatoms. The van der Waals surface area contributed by atoms with Crippen LogP contribution in [-0.4, -0.2) is 44.3 Å². The summed E-state index contributed by atoms with van der Waals surface area (Å²) in [5.41, 5.74) is 1.53. The molecule has 0 spiro atoms. The first-order chi connectivity index (χ1) is 18.9. The van der Waals surface area contributed by atoms with Crippen molar-refractivity contribution in [2.45, 2.75) is 51.1 Å². The summed E-state index contributed by atoms with van der Waals surface area (Å²) in [7, 11) is -4.18. The first-order valence-electron chi connectivity index (χ1n) is 12.8. The number of carbonyl (C=O) groups excluding carboxylic acids is 2. The van der Waals surface area contributed by atoms with Crippen LogP contribution >= 0.6 is 34.8 Å². The Kier molecular flexibility index (Phi) is 11.3. The van der Waals surface area contributed by atoms with Crippen molar-refractivity contribution in [2.75, 3.05) is 17.4 Å². The monoisotopic (exact) mass is 623 g/mol. The number of halogens is 3. The number of sulfonamides is 1. The molecule has 0 aromatic heterocycles. The molecule has 0 radical (unpaired) electrons. The van der Waals surface area contributed by atoms with Crippen LogP contribution in [0.15, 0.2) is 71.6 Å². The van der Waals surface area contributed by atoms with E-state index >= 15 is 0 Å². The number of anilines is 1. The van der Waals surface area contributed by atoms with Gasteiger partial charge in [-0.25, -0.2) is 8.42 Å². The van der Waals surface area contributed by atoms with Crippen LogP contribution in [0, 0.1) is 6.92 Å². The van der Waals surface area contributed by atoms with Crippen LogP contribution in [0.1, 0.15) is 37.8 Å². The second kappa shape index (κ2) is 14.2. The fourth-order valence-electron chi connectivity index (χ4n) is 3.94. The number of aryl methyl sites for hydroxylation is 1. The maximum absolute atomic E-state index is 14.0. The Bertz CT molecular complexity index is 1450. The number of hydrogen-bond acceptors (Lipinski definition) is 4. The fraction of sp³-hybridized carbons (Fsp3) is 0.310. The van der Waals surface area contributed by atoms with E-state index in [1.165, 1.54) is 23.1 Å². The van der Waals surface area contributed by atoms with Gasteiger partial charge < -0.3 is 10.2 Å². The van der Waals surface area contributed by atoms with Gasteiger partial charge in [0.1, 0.15) is 12.6 Å². The molecular weight excluding hydrogens is 593 g/mol. The van der Waals surface area contributed by atoms with E-state index in [0.717, 1.165) is 22.7 Å². The van der Waals surface area contributed by atoms with Crippen molar-refractivity contribution < 1.29 is 18.0 Å². The minimum absolute atomic E-state index is 0.0113. The van der Waals surface area contributed by atoms with E-state index in [2.05, 4.69) is 5.32 Å². The van der Waals surface area contributed by atoms with Gasteiger partial charge in [0.2, 0.25) is 11.8 Å². The lowest BCUT2D eigenvalue weighted by Crippen LogP contribution is -2.51. The number of hydrogen-bond donors (Lipinski definition) is 1. The Morgan fingerprint density at radius 2 is 1.65 bits per heavy atom. The lowest BCUT2D eigenvalue weighted by Gasteiger charge is -2.32. The Balaban J connectivity index is 2.03. The number of rotatable bonds is 12. The summed E-state index contributed by atoms with van der Waals surface area (Å²) in [6.45, 7) is 5.25. The number of nitrogens with zero attached hydrogens (tertiary/aromatic N) is 2. The minimum Gasteiger partial charge on any atom is -0.354 e. The molecule has 0 aliphatic carbocycles. The van der Waals surface area contributed by atoms with Crippen LogP contribution in [0.25, 0.3) is 0 Å². The van der Waals surface area contributed by atoms with Gasteiger partial charge in [0.05, 0.1) is 10.6 Å². The van der Waals surface area contributed by atoms with Gasteiger partial charge in [0.25, 0.3) is 10.0 Å². The highest BCUT2D eigenvalue weighted by Crippen LogP contribution is 2.29. The predicted molar refractivity (Wildman–Crippen MR) is 162 cm³/mol. The predicted octanol–water partition coefficient (Wildman–Crippen LogP) is 6.48. The highest BCUT2D eigenvalue weighted by Gasteiger charge is 2.33. The lowest BCUT2D eigenvalue weighted by atomic mass is 10.1. The van der Waals surface area contributed by atoms with Crippen molar-refractivity contribution in [3.05, 3.63) is 92.9 Å². The maximum Gasteiger partial charge on any atom is 0.264 e. The molecule has 0 saturated heterocycles. The summed E-state index contributed by atoms with van der Waals surface area (Å²) in [4.78, 5) is 28.3. The zero-order valence-corrected chi connectivity index (χ0v) is 25.6. The third kappa shape index (κ3) is 7.91. The highest BCUT2D eigenvalue weighted by atomic mass is 35.5. The molecule has 3 rings (SSSR count). The van der Waals surface area contributed by atoms with E-state index in [1.54, 1.807) is 62.4 Å². The van der Waals surface area contributed by atoms with Gasteiger partial charge in [0, 0.05) is 28.2 Å². The normalized spacial score (nSPS) is 12.1. The van der Waals surface area contributed by atoms with E-state index in [1.807, 2.05) is 6.92 Å². The number of carbonyl (C=O) groups is 2. The molecule has 2 amide bonds. The van der Waals surface area contributed by atoms with Gasteiger partial charge in [-0.15, -0.1) is 0 Å². The van der Waals surface area contributed by atoms with Crippen molar-refractivity contribution in [2.24, 2.45) is 0 Å². The second-order valence-corrected chi connectivity index (χ2v) is 12.4. The van der Waals surface area contributed by atoms with Crippen LogP contribution in [0.2, 0.25) is 15.1 Å². The van der Waals surface area contributed by atoms with Crippen LogP contribution < -0.4 is 9.62 Å². The number of nitrogens with one attached hydrogen (secondary N) is 1. The van der Waals surface area contributed by atoms with Crippen LogP contribution in [0.4, 0.5) is 5.69 Å². The Hall–Kier alpha value is -2.78. The van der Waals surface area contributed by atoms with Gasteiger partial charge in [-0.05, 0) is 67.8 Å². The average molecular weight is 625 g/mol. The molecule has 7 nitrogen and oxygen atoms in total. The van der Waals surface area contributed by atoms with Gasteiger partial charge >= 0.3 is 0 Å². The number of unbranched alkanes of at least 4 members (excludes halogenated alkanes) is 1. The van der Waals surface area contributed by atoms with Crippen LogP contribution in [0.5, 0.6) is 0 Å². The molecule has 3 aromatic carbocycles. The molecule has 1 unspecified atom stereocenters. The summed E-state index contributed by atoms with van der Waals surface area (Å²) in [6, 6.07) is 16.5. The zero-order chi connectivity index (χ0) is 29.4. The Morgan fingerprint density at radius 1 is 0.950 bits per heavy atom.